The molecule has 0 saturated carbocycles. The minimum atomic E-state index is -0.485. The number of nitrogens with zero attached hydrogens (tertiary/aromatic N) is 2. The van der Waals surface area contributed by atoms with Gasteiger partial charge in [-0.3, -0.25) is 19.5 Å². The summed E-state index contributed by atoms with van der Waals surface area (Å²) in [6, 6.07) is 14.0. The van der Waals surface area contributed by atoms with Gasteiger partial charge in [0.15, 0.2) is 5.17 Å². The number of para-hydroxylation sites is 2. The Balaban J connectivity index is 1.73. The third-order valence-corrected chi connectivity index (χ3v) is 5.41. The van der Waals surface area contributed by atoms with E-state index in [0.717, 1.165) is 0 Å². The van der Waals surface area contributed by atoms with Gasteiger partial charge < -0.3 is 5.32 Å². The number of rotatable bonds is 4. The summed E-state index contributed by atoms with van der Waals surface area (Å²) in [7, 11) is 0. The second-order valence-corrected chi connectivity index (χ2v) is 7.63. The minimum Gasteiger partial charge on any atom is -0.324 e. The number of halogens is 2. The largest absolute Gasteiger partial charge is 0.324 e. The Morgan fingerprint density at radius 2 is 1.81 bits per heavy atom. The molecule has 1 atom stereocenters. The van der Waals surface area contributed by atoms with Crippen LogP contribution in [-0.2, 0) is 9.59 Å². The van der Waals surface area contributed by atoms with Crippen LogP contribution in [0.15, 0.2) is 53.5 Å². The average molecular weight is 408 g/mol. The topological polar surface area (TPSA) is 61.8 Å². The molecule has 8 heteroatoms. The van der Waals surface area contributed by atoms with Crippen LogP contribution in [0.4, 0.5) is 11.4 Å². The maximum atomic E-state index is 12.5. The molecule has 2 aromatic rings. The molecule has 1 N–H and O–H groups in total. The van der Waals surface area contributed by atoms with E-state index in [2.05, 4.69) is 10.3 Å². The van der Waals surface area contributed by atoms with Crippen LogP contribution in [0.25, 0.3) is 0 Å². The molecule has 1 heterocycles. The highest BCUT2D eigenvalue weighted by atomic mass is 35.5. The van der Waals surface area contributed by atoms with Crippen molar-refractivity contribution >= 4 is 63.3 Å². The fourth-order valence-corrected chi connectivity index (χ4v) is 3.68. The van der Waals surface area contributed by atoms with Gasteiger partial charge in [-0.2, -0.15) is 0 Å². The quantitative estimate of drug-likeness (QED) is 0.813. The zero-order valence-corrected chi connectivity index (χ0v) is 16.1. The maximum absolute atomic E-state index is 12.5. The molecule has 3 rings (SSSR count). The third-order valence-electron chi connectivity index (χ3n) is 3.67. The SMILES string of the molecule is C[C@@H](SC1=NCC(=O)N1c1ccccc1Cl)C(=O)Nc1ccccc1Cl. The fourth-order valence-electron chi connectivity index (χ4n) is 2.35. The molecule has 0 aliphatic carbocycles. The van der Waals surface area contributed by atoms with Gasteiger partial charge in [0.25, 0.3) is 5.91 Å². The van der Waals surface area contributed by atoms with Gasteiger partial charge in [-0.25, -0.2) is 0 Å². The van der Waals surface area contributed by atoms with Crippen LogP contribution in [0.1, 0.15) is 6.92 Å². The number of anilines is 2. The van der Waals surface area contributed by atoms with Gasteiger partial charge in [-0.1, -0.05) is 59.2 Å². The van der Waals surface area contributed by atoms with Crippen LogP contribution < -0.4 is 10.2 Å². The first-order valence-corrected chi connectivity index (χ1v) is 9.45. The van der Waals surface area contributed by atoms with Crippen LogP contribution in [0.3, 0.4) is 0 Å². The van der Waals surface area contributed by atoms with Gasteiger partial charge in [-0.05, 0) is 31.2 Å². The Hall–Kier alpha value is -2.02. The predicted octanol–water partition coefficient (Wildman–Crippen LogP) is 4.46. The Kier molecular flexibility index (Phi) is 5.86. The van der Waals surface area contributed by atoms with E-state index in [1.807, 2.05) is 0 Å². The Labute approximate surface area is 165 Å². The number of thioether (sulfide) groups is 1. The lowest BCUT2D eigenvalue weighted by Crippen LogP contribution is -2.33. The van der Waals surface area contributed by atoms with E-state index in [1.54, 1.807) is 55.5 Å². The number of hydrogen-bond acceptors (Lipinski definition) is 4. The molecule has 5 nitrogen and oxygen atoms in total. The standard InChI is InChI=1S/C18H15Cl2N3O2S/c1-11(17(25)22-14-8-4-2-6-12(14)19)26-18-21-10-16(24)23(18)15-9-5-3-7-13(15)20/h2-9,11H,10H2,1H3,(H,22,25)/t11-/m1/s1. The normalized spacial score (nSPS) is 15.0. The number of carbonyl (C=O) groups excluding carboxylic acids is 2. The lowest BCUT2D eigenvalue weighted by Gasteiger charge is -2.21. The molecule has 0 bridgehead atoms. The predicted molar refractivity (Wildman–Crippen MR) is 108 cm³/mol. The second-order valence-electron chi connectivity index (χ2n) is 5.51. The van der Waals surface area contributed by atoms with Crippen molar-refractivity contribution in [2.24, 2.45) is 4.99 Å². The molecule has 1 aliphatic rings. The van der Waals surface area contributed by atoms with E-state index in [1.165, 1.54) is 16.7 Å². The number of benzene rings is 2. The zero-order chi connectivity index (χ0) is 18.7. The molecule has 134 valence electrons. The molecule has 0 unspecified atom stereocenters. The lowest BCUT2D eigenvalue weighted by atomic mass is 10.3. The van der Waals surface area contributed by atoms with E-state index in [4.69, 9.17) is 23.2 Å². The first-order chi connectivity index (χ1) is 12.5. The van der Waals surface area contributed by atoms with Gasteiger partial charge in [0.05, 0.1) is 26.7 Å². The average Bonchev–Trinajstić information content (AvgIpc) is 2.97. The summed E-state index contributed by atoms with van der Waals surface area (Å²) >= 11 is 13.5. The Morgan fingerprint density at radius 1 is 1.15 bits per heavy atom. The number of amides is 2. The van der Waals surface area contributed by atoms with E-state index in [-0.39, 0.29) is 18.4 Å². The van der Waals surface area contributed by atoms with E-state index >= 15 is 0 Å². The highest BCUT2D eigenvalue weighted by Gasteiger charge is 2.31. The van der Waals surface area contributed by atoms with Gasteiger partial charge >= 0.3 is 0 Å². The van der Waals surface area contributed by atoms with E-state index in [0.29, 0.717) is 26.6 Å². The van der Waals surface area contributed by atoms with Gasteiger partial charge in [0.1, 0.15) is 6.54 Å². The molecular formula is C18H15Cl2N3O2S. The summed E-state index contributed by atoms with van der Waals surface area (Å²) in [5, 5.41) is 3.66. The van der Waals surface area contributed by atoms with Crippen molar-refractivity contribution in [3.05, 3.63) is 58.6 Å². The summed E-state index contributed by atoms with van der Waals surface area (Å²) in [6.07, 6.45) is 0. The third kappa shape index (κ3) is 4.03. The van der Waals surface area contributed by atoms with Crippen molar-refractivity contribution in [2.45, 2.75) is 12.2 Å². The van der Waals surface area contributed by atoms with E-state index in [9.17, 15) is 9.59 Å². The number of carbonyl (C=O) groups is 2. The van der Waals surface area contributed by atoms with Crippen molar-refractivity contribution in [2.75, 3.05) is 16.8 Å². The van der Waals surface area contributed by atoms with Crippen molar-refractivity contribution in [3.8, 4) is 0 Å². The minimum absolute atomic E-state index is 0.0341. The molecular weight excluding hydrogens is 393 g/mol. The number of amidine groups is 1. The van der Waals surface area contributed by atoms with Crippen molar-refractivity contribution in [1.29, 1.82) is 0 Å². The first-order valence-electron chi connectivity index (χ1n) is 7.81. The van der Waals surface area contributed by atoms with Crippen LogP contribution in [0.2, 0.25) is 10.0 Å². The molecule has 26 heavy (non-hydrogen) atoms. The molecule has 0 saturated heterocycles. The molecule has 2 amide bonds. The molecule has 1 aliphatic heterocycles. The Bertz CT molecular complexity index is 888. The van der Waals surface area contributed by atoms with Crippen LogP contribution in [0.5, 0.6) is 0 Å². The van der Waals surface area contributed by atoms with Crippen molar-refractivity contribution < 1.29 is 9.59 Å². The number of hydrogen-bond donors (Lipinski definition) is 1. The van der Waals surface area contributed by atoms with Crippen LogP contribution >= 0.6 is 35.0 Å². The number of aliphatic imine (C=N–C) groups is 1. The zero-order valence-electron chi connectivity index (χ0n) is 13.8. The molecule has 2 aromatic carbocycles. The van der Waals surface area contributed by atoms with Crippen LogP contribution in [0, 0.1) is 0 Å². The summed E-state index contributed by atoms with van der Waals surface area (Å²) in [6.45, 7) is 1.78. The monoisotopic (exact) mass is 407 g/mol. The van der Waals surface area contributed by atoms with Gasteiger partial charge in [0.2, 0.25) is 5.91 Å². The Morgan fingerprint density at radius 3 is 2.50 bits per heavy atom. The molecule has 0 spiro atoms. The fraction of sp³-hybridized carbons (Fsp3) is 0.167. The molecule has 0 aromatic heterocycles. The highest BCUT2D eigenvalue weighted by molar-refractivity contribution is 8.15. The molecule has 0 radical (unpaired) electrons. The first kappa shape index (κ1) is 18.8. The second kappa shape index (κ2) is 8.12. The lowest BCUT2D eigenvalue weighted by molar-refractivity contribution is -0.116. The van der Waals surface area contributed by atoms with Crippen LogP contribution in [-0.4, -0.2) is 28.8 Å². The smallest absolute Gasteiger partial charge is 0.254 e. The number of nitrogens with one attached hydrogen (secondary N) is 1. The summed E-state index contributed by atoms with van der Waals surface area (Å²) < 4.78 is 0. The summed E-state index contributed by atoms with van der Waals surface area (Å²) in [5.41, 5.74) is 1.10. The maximum Gasteiger partial charge on any atom is 0.254 e. The van der Waals surface area contributed by atoms with E-state index < -0.39 is 5.25 Å². The summed E-state index contributed by atoms with van der Waals surface area (Å²) in [5.74, 6) is -0.413. The van der Waals surface area contributed by atoms with Crippen molar-refractivity contribution in [3.63, 3.8) is 0 Å². The molecule has 0 fully saturated rings. The highest BCUT2D eigenvalue weighted by Crippen LogP contribution is 2.32. The van der Waals surface area contributed by atoms with Gasteiger partial charge in [-0.15, -0.1) is 0 Å². The van der Waals surface area contributed by atoms with Crippen molar-refractivity contribution in [1.82, 2.24) is 0 Å². The van der Waals surface area contributed by atoms with Gasteiger partial charge in [0, 0.05) is 0 Å². The summed E-state index contributed by atoms with van der Waals surface area (Å²) in [4.78, 5) is 30.4.